The van der Waals surface area contributed by atoms with E-state index in [4.69, 9.17) is 4.74 Å². The molecule has 1 heteroatoms. The molecule has 1 aliphatic heterocycles. The summed E-state index contributed by atoms with van der Waals surface area (Å²) in [5, 5.41) is 2.63. The molecule has 0 spiro atoms. The van der Waals surface area contributed by atoms with Crippen molar-refractivity contribution in [3.8, 4) is 5.75 Å². The minimum atomic E-state index is 0.491. The van der Waals surface area contributed by atoms with E-state index in [2.05, 4.69) is 56.3 Å². The van der Waals surface area contributed by atoms with Crippen LogP contribution in [-0.2, 0) is 0 Å². The van der Waals surface area contributed by atoms with E-state index in [0.717, 1.165) is 18.8 Å². The van der Waals surface area contributed by atoms with E-state index in [1.807, 2.05) is 0 Å². The summed E-state index contributed by atoms with van der Waals surface area (Å²) in [6.45, 7) is 5.15. The van der Waals surface area contributed by atoms with Gasteiger partial charge in [-0.25, -0.2) is 0 Å². The van der Waals surface area contributed by atoms with Gasteiger partial charge in [-0.1, -0.05) is 42.0 Å². The maximum absolute atomic E-state index is 5.81. The topological polar surface area (TPSA) is 9.23 Å². The number of ether oxygens (including phenoxy) is 1. The molecule has 0 fully saturated rings. The van der Waals surface area contributed by atoms with Gasteiger partial charge < -0.3 is 4.74 Å². The molecule has 18 heavy (non-hydrogen) atoms. The summed E-state index contributed by atoms with van der Waals surface area (Å²) in [6.07, 6.45) is 3.44. The summed E-state index contributed by atoms with van der Waals surface area (Å²) in [6, 6.07) is 12.8. The molecule has 0 amide bonds. The van der Waals surface area contributed by atoms with Crippen LogP contribution in [0.5, 0.6) is 5.75 Å². The third kappa shape index (κ3) is 1.90. The highest BCUT2D eigenvalue weighted by Gasteiger charge is 2.21. The molecule has 1 aliphatic rings. The quantitative estimate of drug-likeness (QED) is 0.656. The predicted molar refractivity (Wildman–Crippen MR) is 76.2 cm³/mol. The molecule has 0 aliphatic carbocycles. The van der Waals surface area contributed by atoms with Gasteiger partial charge in [0, 0.05) is 11.5 Å². The van der Waals surface area contributed by atoms with Crippen molar-refractivity contribution in [1.82, 2.24) is 0 Å². The number of allylic oxidation sites excluding steroid dienone is 2. The third-order valence-corrected chi connectivity index (χ3v) is 3.52. The van der Waals surface area contributed by atoms with Crippen molar-refractivity contribution in [2.45, 2.75) is 26.2 Å². The molecule has 1 unspecified atom stereocenters. The first-order valence-corrected chi connectivity index (χ1v) is 6.55. The van der Waals surface area contributed by atoms with Crippen LogP contribution >= 0.6 is 0 Å². The molecular formula is C17H18O. The summed E-state index contributed by atoms with van der Waals surface area (Å²) in [5.74, 6) is 1.55. The Morgan fingerprint density at radius 3 is 2.83 bits per heavy atom. The highest BCUT2D eigenvalue weighted by molar-refractivity contribution is 5.88. The molecule has 1 nitrogen and oxygen atoms in total. The number of benzene rings is 2. The van der Waals surface area contributed by atoms with E-state index < -0.39 is 0 Å². The largest absolute Gasteiger partial charge is 0.493 e. The molecule has 0 bridgehead atoms. The molecule has 1 heterocycles. The van der Waals surface area contributed by atoms with Crippen LogP contribution in [0, 0.1) is 0 Å². The fourth-order valence-corrected chi connectivity index (χ4v) is 2.79. The zero-order valence-corrected chi connectivity index (χ0v) is 10.9. The summed E-state index contributed by atoms with van der Waals surface area (Å²) in [5.41, 5.74) is 2.74. The minimum absolute atomic E-state index is 0.491. The average Bonchev–Trinajstić information content (AvgIpc) is 2.38. The van der Waals surface area contributed by atoms with Crippen molar-refractivity contribution in [2.24, 2.45) is 0 Å². The second-order valence-electron chi connectivity index (χ2n) is 5.19. The van der Waals surface area contributed by atoms with Crippen LogP contribution in [0.4, 0.5) is 0 Å². The predicted octanol–water partition coefficient (Wildman–Crippen LogP) is 4.67. The van der Waals surface area contributed by atoms with Crippen LogP contribution in [0.2, 0.25) is 0 Å². The molecule has 0 aromatic heterocycles. The maximum Gasteiger partial charge on any atom is 0.123 e. The number of hydrogen-bond acceptors (Lipinski definition) is 1. The first-order valence-electron chi connectivity index (χ1n) is 6.55. The zero-order valence-electron chi connectivity index (χ0n) is 10.9. The van der Waals surface area contributed by atoms with Gasteiger partial charge >= 0.3 is 0 Å². The van der Waals surface area contributed by atoms with Gasteiger partial charge in [0.25, 0.3) is 0 Å². The van der Waals surface area contributed by atoms with E-state index in [1.54, 1.807) is 0 Å². The molecule has 92 valence electrons. The normalized spacial score (nSPS) is 18.0. The van der Waals surface area contributed by atoms with E-state index in [1.165, 1.54) is 21.9 Å². The summed E-state index contributed by atoms with van der Waals surface area (Å²) < 4.78 is 5.81. The third-order valence-electron chi connectivity index (χ3n) is 3.52. The molecule has 0 saturated heterocycles. The SMILES string of the molecule is CC(C)=CC1CCOc2ccc3ccccc3c21. The fraction of sp³-hybridized carbons (Fsp3) is 0.294. The lowest BCUT2D eigenvalue weighted by Gasteiger charge is -2.25. The summed E-state index contributed by atoms with van der Waals surface area (Å²) >= 11 is 0. The lowest BCUT2D eigenvalue weighted by atomic mass is 9.87. The van der Waals surface area contributed by atoms with Crippen molar-refractivity contribution < 1.29 is 4.74 Å². The smallest absolute Gasteiger partial charge is 0.123 e. The molecular weight excluding hydrogens is 220 g/mol. The van der Waals surface area contributed by atoms with Gasteiger partial charge in [-0.15, -0.1) is 0 Å². The minimum Gasteiger partial charge on any atom is -0.493 e. The molecule has 2 aromatic rings. The Bertz CT molecular complexity index is 606. The molecule has 3 rings (SSSR count). The van der Waals surface area contributed by atoms with E-state index in [0.29, 0.717) is 5.92 Å². The van der Waals surface area contributed by atoms with Crippen molar-refractivity contribution >= 4 is 10.8 Å². The number of rotatable bonds is 1. The van der Waals surface area contributed by atoms with Crippen LogP contribution in [0.1, 0.15) is 31.7 Å². The Morgan fingerprint density at radius 1 is 1.17 bits per heavy atom. The average molecular weight is 238 g/mol. The van der Waals surface area contributed by atoms with Gasteiger partial charge in [0.15, 0.2) is 0 Å². The molecule has 0 radical (unpaired) electrons. The van der Waals surface area contributed by atoms with Crippen molar-refractivity contribution in [3.63, 3.8) is 0 Å². The second-order valence-corrected chi connectivity index (χ2v) is 5.19. The van der Waals surface area contributed by atoms with Crippen LogP contribution in [-0.4, -0.2) is 6.61 Å². The van der Waals surface area contributed by atoms with Gasteiger partial charge in [0.2, 0.25) is 0 Å². The standard InChI is InChI=1S/C17H18O/c1-12(2)11-14-9-10-18-16-8-7-13-5-3-4-6-15(13)17(14)16/h3-8,11,14H,9-10H2,1-2H3. The zero-order chi connectivity index (χ0) is 12.5. The molecule has 1 atom stereocenters. The Morgan fingerprint density at radius 2 is 2.00 bits per heavy atom. The van der Waals surface area contributed by atoms with Crippen molar-refractivity contribution in [3.05, 3.63) is 53.6 Å². The van der Waals surface area contributed by atoms with Gasteiger partial charge in [0.05, 0.1) is 6.61 Å². The number of hydrogen-bond donors (Lipinski definition) is 0. The fourth-order valence-electron chi connectivity index (χ4n) is 2.79. The molecule has 0 N–H and O–H groups in total. The molecule has 2 aromatic carbocycles. The molecule has 0 saturated carbocycles. The van der Waals surface area contributed by atoms with Gasteiger partial charge in [0.1, 0.15) is 5.75 Å². The lowest BCUT2D eigenvalue weighted by Crippen LogP contribution is -2.13. The van der Waals surface area contributed by atoms with Crippen LogP contribution < -0.4 is 4.74 Å². The Balaban J connectivity index is 2.25. The van der Waals surface area contributed by atoms with E-state index >= 15 is 0 Å². The first-order chi connectivity index (χ1) is 8.75. The van der Waals surface area contributed by atoms with Crippen molar-refractivity contribution in [2.75, 3.05) is 6.61 Å². The Hall–Kier alpha value is -1.76. The van der Waals surface area contributed by atoms with Crippen molar-refractivity contribution in [1.29, 1.82) is 0 Å². The van der Waals surface area contributed by atoms with Crippen LogP contribution in [0.25, 0.3) is 10.8 Å². The number of fused-ring (bicyclic) bond motifs is 3. The second kappa shape index (κ2) is 4.49. The Kier molecular flexibility index (Phi) is 2.83. The maximum atomic E-state index is 5.81. The van der Waals surface area contributed by atoms with Gasteiger partial charge in [-0.05, 0) is 37.1 Å². The van der Waals surface area contributed by atoms with E-state index in [-0.39, 0.29) is 0 Å². The summed E-state index contributed by atoms with van der Waals surface area (Å²) in [4.78, 5) is 0. The lowest BCUT2D eigenvalue weighted by molar-refractivity contribution is 0.280. The van der Waals surface area contributed by atoms with Crippen LogP contribution in [0.3, 0.4) is 0 Å². The highest BCUT2D eigenvalue weighted by atomic mass is 16.5. The van der Waals surface area contributed by atoms with E-state index in [9.17, 15) is 0 Å². The van der Waals surface area contributed by atoms with Crippen LogP contribution in [0.15, 0.2) is 48.0 Å². The Labute approximate surface area is 108 Å². The van der Waals surface area contributed by atoms with Gasteiger partial charge in [-0.3, -0.25) is 0 Å². The summed E-state index contributed by atoms with van der Waals surface area (Å²) in [7, 11) is 0. The highest BCUT2D eigenvalue weighted by Crippen LogP contribution is 2.40. The monoisotopic (exact) mass is 238 g/mol. The first kappa shape index (κ1) is 11.3. The van der Waals surface area contributed by atoms with Gasteiger partial charge in [-0.2, -0.15) is 0 Å².